The fourth-order valence-corrected chi connectivity index (χ4v) is 2.11. The molecule has 1 heterocycles. The summed E-state index contributed by atoms with van der Waals surface area (Å²) >= 11 is 3.34. The second-order valence-electron chi connectivity index (χ2n) is 4.03. The van der Waals surface area contributed by atoms with Gasteiger partial charge in [-0.15, -0.1) is 0 Å². The monoisotopic (exact) mass is 310 g/mol. The van der Waals surface area contributed by atoms with Gasteiger partial charge in [-0.1, -0.05) is 15.9 Å². The van der Waals surface area contributed by atoms with Gasteiger partial charge in [0.1, 0.15) is 5.82 Å². The highest BCUT2D eigenvalue weighted by molar-refractivity contribution is 9.10. The van der Waals surface area contributed by atoms with E-state index in [4.69, 9.17) is 0 Å². The van der Waals surface area contributed by atoms with E-state index < -0.39 is 6.10 Å². The third kappa shape index (κ3) is 2.57. The second kappa shape index (κ2) is 5.12. The van der Waals surface area contributed by atoms with Crippen LogP contribution in [0.4, 0.5) is 4.39 Å². The van der Waals surface area contributed by atoms with Crippen molar-refractivity contribution in [2.75, 3.05) is 0 Å². The first-order chi connectivity index (χ1) is 8.49. The highest BCUT2D eigenvalue weighted by Gasteiger charge is 2.12. The van der Waals surface area contributed by atoms with Crippen LogP contribution in [-0.2, 0) is 0 Å². The molecule has 0 saturated carbocycles. The normalized spacial score (nSPS) is 12.5. The predicted octanol–water partition coefficient (Wildman–Crippen LogP) is 3.41. The molecular formula is C13H12BrFN2O. The molecule has 0 aliphatic heterocycles. The molecule has 0 aliphatic carbocycles. The lowest BCUT2D eigenvalue weighted by molar-refractivity contribution is 0.197. The summed E-state index contributed by atoms with van der Waals surface area (Å²) in [4.78, 5) is 8.46. The van der Waals surface area contributed by atoms with Crippen molar-refractivity contribution in [3.8, 4) is 11.4 Å². The smallest absolute Gasteiger partial charge is 0.160 e. The van der Waals surface area contributed by atoms with Crippen LogP contribution in [0.25, 0.3) is 11.4 Å². The van der Waals surface area contributed by atoms with E-state index in [-0.39, 0.29) is 5.82 Å². The van der Waals surface area contributed by atoms with Crippen LogP contribution < -0.4 is 0 Å². The van der Waals surface area contributed by atoms with Gasteiger partial charge in [-0.2, -0.15) is 0 Å². The summed E-state index contributed by atoms with van der Waals surface area (Å²) in [6.07, 6.45) is 0.953. The highest BCUT2D eigenvalue weighted by atomic mass is 79.9. The molecule has 1 unspecified atom stereocenters. The van der Waals surface area contributed by atoms with Crippen molar-refractivity contribution in [2.24, 2.45) is 0 Å². The first kappa shape index (κ1) is 13.1. The molecular weight excluding hydrogens is 299 g/mol. The zero-order valence-corrected chi connectivity index (χ0v) is 11.6. The molecule has 1 aromatic heterocycles. The number of aliphatic hydroxyl groups is 1. The van der Waals surface area contributed by atoms with E-state index in [1.54, 1.807) is 26.1 Å². The second-order valence-corrected chi connectivity index (χ2v) is 4.89. The van der Waals surface area contributed by atoms with Gasteiger partial charge < -0.3 is 5.11 Å². The minimum absolute atomic E-state index is 0.339. The molecule has 5 heteroatoms. The molecule has 0 spiro atoms. The molecule has 0 aliphatic rings. The quantitative estimate of drug-likeness (QED) is 0.924. The SMILES string of the molecule is Cc1nc(-c2cc(F)ccc2Br)ncc1C(C)O. The molecule has 0 amide bonds. The molecule has 3 nitrogen and oxygen atoms in total. The molecule has 2 aromatic rings. The minimum atomic E-state index is -0.616. The summed E-state index contributed by atoms with van der Waals surface area (Å²) in [5.74, 6) is 0.0948. The highest BCUT2D eigenvalue weighted by Crippen LogP contribution is 2.27. The Morgan fingerprint density at radius 2 is 2.11 bits per heavy atom. The molecule has 1 atom stereocenters. The number of nitrogens with zero attached hydrogens (tertiary/aromatic N) is 2. The zero-order chi connectivity index (χ0) is 13.3. The molecule has 0 fully saturated rings. The molecule has 0 saturated heterocycles. The Kier molecular flexibility index (Phi) is 3.73. The lowest BCUT2D eigenvalue weighted by atomic mass is 10.1. The van der Waals surface area contributed by atoms with Gasteiger partial charge in [0.05, 0.1) is 6.10 Å². The molecule has 94 valence electrons. The number of hydrogen-bond acceptors (Lipinski definition) is 3. The van der Waals surface area contributed by atoms with E-state index in [1.165, 1.54) is 12.1 Å². The fraction of sp³-hybridized carbons (Fsp3) is 0.231. The van der Waals surface area contributed by atoms with E-state index >= 15 is 0 Å². The zero-order valence-electron chi connectivity index (χ0n) is 9.98. The number of aryl methyl sites for hydroxylation is 1. The van der Waals surface area contributed by atoms with Crippen LogP contribution in [0.5, 0.6) is 0 Å². The third-order valence-corrected chi connectivity index (χ3v) is 3.33. The first-order valence-electron chi connectivity index (χ1n) is 5.46. The van der Waals surface area contributed by atoms with Gasteiger partial charge in [-0.05, 0) is 32.0 Å². The van der Waals surface area contributed by atoms with Gasteiger partial charge >= 0.3 is 0 Å². The maximum Gasteiger partial charge on any atom is 0.160 e. The van der Waals surface area contributed by atoms with Crippen molar-refractivity contribution in [3.05, 3.63) is 45.9 Å². The van der Waals surface area contributed by atoms with Gasteiger partial charge in [0.15, 0.2) is 5.82 Å². The van der Waals surface area contributed by atoms with Crippen molar-refractivity contribution in [3.63, 3.8) is 0 Å². The molecule has 18 heavy (non-hydrogen) atoms. The Hall–Kier alpha value is -1.33. The Morgan fingerprint density at radius 3 is 2.72 bits per heavy atom. The van der Waals surface area contributed by atoms with Gasteiger partial charge in [-0.3, -0.25) is 0 Å². The van der Waals surface area contributed by atoms with Crippen LogP contribution in [0.15, 0.2) is 28.9 Å². The van der Waals surface area contributed by atoms with Crippen molar-refractivity contribution < 1.29 is 9.50 Å². The number of halogens is 2. The predicted molar refractivity (Wildman–Crippen MR) is 70.5 cm³/mol. The fourth-order valence-electron chi connectivity index (χ4n) is 1.69. The maximum absolute atomic E-state index is 13.2. The largest absolute Gasteiger partial charge is 0.389 e. The summed E-state index contributed by atoms with van der Waals surface area (Å²) in [5.41, 5.74) is 1.95. The van der Waals surface area contributed by atoms with Gasteiger partial charge in [0.25, 0.3) is 0 Å². The molecule has 1 N–H and O–H groups in total. The molecule has 0 radical (unpaired) electrons. The third-order valence-electron chi connectivity index (χ3n) is 2.64. The molecule has 0 bridgehead atoms. The van der Waals surface area contributed by atoms with Crippen molar-refractivity contribution in [1.29, 1.82) is 0 Å². The number of aliphatic hydroxyl groups excluding tert-OH is 1. The van der Waals surface area contributed by atoms with Crippen LogP contribution in [-0.4, -0.2) is 15.1 Å². The van der Waals surface area contributed by atoms with E-state index in [1.807, 2.05) is 0 Å². The van der Waals surface area contributed by atoms with Crippen molar-refractivity contribution in [1.82, 2.24) is 9.97 Å². The number of hydrogen-bond donors (Lipinski definition) is 1. The topological polar surface area (TPSA) is 46.0 Å². The Balaban J connectivity index is 2.52. The molecule has 2 rings (SSSR count). The summed E-state index contributed by atoms with van der Waals surface area (Å²) in [6.45, 7) is 3.45. The number of benzene rings is 1. The average molecular weight is 311 g/mol. The summed E-state index contributed by atoms with van der Waals surface area (Å²) in [6, 6.07) is 4.36. The van der Waals surface area contributed by atoms with E-state index in [9.17, 15) is 9.50 Å². The van der Waals surface area contributed by atoms with E-state index in [2.05, 4.69) is 25.9 Å². The van der Waals surface area contributed by atoms with E-state index in [0.29, 0.717) is 22.6 Å². The number of rotatable bonds is 2. The van der Waals surface area contributed by atoms with Crippen LogP contribution in [0.2, 0.25) is 0 Å². The van der Waals surface area contributed by atoms with Gasteiger partial charge in [-0.25, -0.2) is 14.4 Å². The number of aromatic nitrogens is 2. The molecule has 1 aromatic carbocycles. The lowest BCUT2D eigenvalue weighted by Crippen LogP contribution is -2.01. The van der Waals surface area contributed by atoms with Crippen LogP contribution in [0.3, 0.4) is 0 Å². The first-order valence-corrected chi connectivity index (χ1v) is 6.25. The van der Waals surface area contributed by atoms with Crippen LogP contribution in [0.1, 0.15) is 24.3 Å². The van der Waals surface area contributed by atoms with Crippen molar-refractivity contribution in [2.45, 2.75) is 20.0 Å². The standard InChI is InChI=1S/C13H12BrFN2O/c1-7-11(8(2)18)6-16-13(17-7)10-5-9(15)3-4-12(10)14/h3-6,8,18H,1-2H3. The summed E-state index contributed by atoms with van der Waals surface area (Å²) in [7, 11) is 0. The Bertz CT molecular complexity index is 587. The Morgan fingerprint density at radius 1 is 1.39 bits per heavy atom. The minimum Gasteiger partial charge on any atom is -0.389 e. The van der Waals surface area contributed by atoms with Crippen molar-refractivity contribution >= 4 is 15.9 Å². The van der Waals surface area contributed by atoms with Gasteiger partial charge in [0.2, 0.25) is 0 Å². The van der Waals surface area contributed by atoms with E-state index in [0.717, 1.165) is 4.47 Å². The van der Waals surface area contributed by atoms with Crippen LogP contribution >= 0.6 is 15.9 Å². The Labute approximate surface area is 113 Å². The average Bonchev–Trinajstić information content (AvgIpc) is 2.31. The maximum atomic E-state index is 13.2. The van der Waals surface area contributed by atoms with Gasteiger partial charge in [0, 0.05) is 27.5 Å². The summed E-state index contributed by atoms with van der Waals surface area (Å²) in [5, 5.41) is 9.52. The van der Waals surface area contributed by atoms with Crippen LogP contribution in [0, 0.1) is 12.7 Å². The summed E-state index contributed by atoms with van der Waals surface area (Å²) < 4.78 is 14.0. The lowest BCUT2D eigenvalue weighted by Gasteiger charge is -2.10.